The molecule has 0 amide bonds. The molecule has 0 spiro atoms. The van der Waals surface area contributed by atoms with Gasteiger partial charge in [-0.1, -0.05) is 11.6 Å². The van der Waals surface area contributed by atoms with Gasteiger partial charge in [-0.15, -0.1) is 11.8 Å². The summed E-state index contributed by atoms with van der Waals surface area (Å²) in [5.41, 5.74) is 0.510. The van der Waals surface area contributed by atoms with E-state index < -0.39 is 0 Å². The Hall–Kier alpha value is -1.66. The lowest BCUT2D eigenvalue weighted by Gasteiger charge is -2.10. The van der Waals surface area contributed by atoms with E-state index in [-0.39, 0.29) is 5.78 Å². The van der Waals surface area contributed by atoms with E-state index in [2.05, 4.69) is 11.8 Å². The standard InChI is InChI=1S/C14H15ClO3/c1-4-5-6-7-12(16)10-8-11(15)14(18-3)13(9-10)17-2/h8-9H,6-7H2,1-3H3. The molecule has 0 aliphatic carbocycles. The Labute approximate surface area is 112 Å². The molecule has 0 radical (unpaired) electrons. The largest absolute Gasteiger partial charge is 0.493 e. The summed E-state index contributed by atoms with van der Waals surface area (Å²) >= 11 is 6.03. The minimum absolute atomic E-state index is 0.0133. The highest BCUT2D eigenvalue weighted by Crippen LogP contribution is 2.36. The van der Waals surface area contributed by atoms with E-state index in [4.69, 9.17) is 21.1 Å². The summed E-state index contributed by atoms with van der Waals surface area (Å²) in [6.45, 7) is 1.75. The normalized spacial score (nSPS) is 9.33. The molecular formula is C14H15ClO3. The number of carbonyl (C=O) groups is 1. The molecule has 0 saturated heterocycles. The van der Waals surface area contributed by atoms with Crippen molar-refractivity contribution < 1.29 is 14.3 Å². The van der Waals surface area contributed by atoms with Gasteiger partial charge in [0.2, 0.25) is 0 Å². The Morgan fingerprint density at radius 3 is 2.61 bits per heavy atom. The molecule has 0 N–H and O–H groups in total. The van der Waals surface area contributed by atoms with Crippen LogP contribution in [0.15, 0.2) is 12.1 Å². The van der Waals surface area contributed by atoms with Crippen LogP contribution in [0.1, 0.15) is 30.1 Å². The smallest absolute Gasteiger partial charge is 0.179 e. The minimum atomic E-state index is -0.0133. The quantitative estimate of drug-likeness (QED) is 0.606. The third kappa shape index (κ3) is 3.41. The van der Waals surface area contributed by atoms with Crippen LogP contribution in [0.4, 0.5) is 0 Å². The van der Waals surface area contributed by atoms with Gasteiger partial charge in [-0.25, -0.2) is 0 Å². The Balaban J connectivity index is 2.99. The summed E-state index contributed by atoms with van der Waals surface area (Å²) in [4.78, 5) is 11.9. The second-order valence-corrected chi connectivity index (χ2v) is 3.95. The molecule has 0 atom stereocenters. The van der Waals surface area contributed by atoms with Gasteiger partial charge in [-0.2, -0.15) is 0 Å². The number of benzene rings is 1. The summed E-state index contributed by atoms with van der Waals surface area (Å²) in [5.74, 6) is 6.48. The van der Waals surface area contributed by atoms with Crippen LogP contribution in [-0.2, 0) is 0 Å². The van der Waals surface area contributed by atoms with E-state index in [0.29, 0.717) is 34.9 Å². The molecule has 18 heavy (non-hydrogen) atoms. The Bertz CT molecular complexity index is 498. The maximum Gasteiger partial charge on any atom is 0.179 e. The molecule has 0 bridgehead atoms. The fraction of sp³-hybridized carbons (Fsp3) is 0.357. The molecule has 0 saturated carbocycles. The minimum Gasteiger partial charge on any atom is -0.493 e. The molecule has 0 unspecified atom stereocenters. The Morgan fingerprint density at radius 1 is 1.33 bits per heavy atom. The van der Waals surface area contributed by atoms with Crippen molar-refractivity contribution in [2.45, 2.75) is 19.8 Å². The molecular weight excluding hydrogens is 252 g/mol. The highest BCUT2D eigenvalue weighted by atomic mass is 35.5. The van der Waals surface area contributed by atoms with Gasteiger partial charge in [0.1, 0.15) is 0 Å². The predicted molar refractivity (Wildman–Crippen MR) is 71.6 cm³/mol. The summed E-state index contributed by atoms with van der Waals surface area (Å²) in [7, 11) is 3.01. The summed E-state index contributed by atoms with van der Waals surface area (Å²) in [5, 5.41) is 0.363. The van der Waals surface area contributed by atoms with Gasteiger partial charge in [-0.05, 0) is 19.1 Å². The molecule has 1 aromatic carbocycles. The molecule has 0 aliphatic rings. The molecule has 96 valence electrons. The van der Waals surface area contributed by atoms with Crippen LogP contribution in [0.3, 0.4) is 0 Å². The fourth-order valence-corrected chi connectivity index (χ4v) is 1.81. The Morgan fingerprint density at radius 2 is 2.06 bits per heavy atom. The molecule has 0 fully saturated rings. The number of ether oxygens (including phenoxy) is 2. The SMILES string of the molecule is CC#CCCC(=O)c1cc(Cl)c(OC)c(OC)c1. The summed E-state index contributed by atoms with van der Waals surface area (Å²) in [6.07, 6.45) is 0.911. The van der Waals surface area contributed by atoms with Crippen LogP contribution in [0.2, 0.25) is 5.02 Å². The van der Waals surface area contributed by atoms with Crippen LogP contribution in [-0.4, -0.2) is 20.0 Å². The second-order valence-electron chi connectivity index (χ2n) is 3.54. The lowest BCUT2D eigenvalue weighted by Crippen LogP contribution is -2.01. The van der Waals surface area contributed by atoms with Crippen LogP contribution < -0.4 is 9.47 Å². The van der Waals surface area contributed by atoms with Gasteiger partial charge in [-0.3, -0.25) is 4.79 Å². The lowest BCUT2D eigenvalue weighted by molar-refractivity contribution is 0.0984. The van der Waals surface area contributed by atoms with Gasteiger partial charge in [0.15, 0.2) is 17.3 Å². The van der Waals surface area contributed by atoms with Crippen molar-refractivity contribution in [3.05, 3.63) is 22.7 Å². The first-order chi connectivity index (χ1) is 8.63. The van der Waals surface area contributed by atoms with Gasteiger partial charge < -0.3 is 9.47 Å². The zero-order valence-electron chi connectivity index (χ0n) is 10.7. The zero-order valence-corrected chi connectivity index (χ0v) is 11.4. The summed E-state index contributed by atoms with van der Waals surface area (Å²) < 4.78 is 10.3. The number of ketones is 1. The number of Topliss-reactive ketones (excluding diaryl/α,β-unsaturated/α-hetero) is 1. The summed E-state index contributed by atoms with van der Waals surface area (Å²) in [6, 6.07) is 3.22. The van der Waals surface area contributed by atoms with Crippen LogP contribution in [0, 0.1) is 11.8 Å². The molecule has 0 aliphatic heterocycles. The van der Waals surface area contributed by atoms with Crippen molar-refractivity contribution in [3.8, 4) is 23.3 Å². The molecule has 1 rings (SSSR count). The number of hydrogen-bond acceptors (Lipinski definition) is 3. The van der Waals surface area contributed by atoms with Crippen molar-refractivity contribution >= 4 is 17.4 Å². The molecule has 4 heteroatoms. The first-order valence-electron chi connectivity index (χ1n) is 5.48. The molecule has 1 aromatic rings. The van der Waals surface area contributed by atoms with Gasteiger partial charge in [0, 0.05) is 18.4 Å². The van der Waals surface area contributed by atoms with E-state index in [1.54, 1.807) is 19.1 Å². The van der Waals surface area contributed by atoms with E-state index in [0.717, 1.165) is 0 Å². The maximum absolute atomic E-state index is 11.9. The van der Waals surface area contributed by atoms with E-state index in [1.807, 2.05) is 0 Å². The van der Waals surface area contributed by atoms with Gasteiger partial charge in [0.25, 0.3) is 0 Å². The van der Waals surface area contributed by atoms with E-state index in [1.165, 1.54) is 14.2 Å². The van der Waals surface area contributed by atoms with E-state index in [9.17, 15) is 4.79 Å². The third-order valence-electron chi connectivity index (χ3n) is 2.41. The average Bonchev–Trinajstić information content (AvgIpc) is 2.37. The van der Waals surface area contributed by atoms with Crippen molar-refractivity contribution in [1.82, 2.24) is 0 Å². The van der Waals surface area contributed by atoms with Crippen LogP contribution in [0.25, 0.3) is 0 Å². The molecule has 0 heterocycles. The molecule has 3 nitrogen and oxygen atoms in total. The fourth-order valence-electron chi connectivity index (χ4n) is 1.52. The number of carbonyl (C=O) groups excluding carboxylic acids is 1. The third-order valence-corrected chi connectivity index (χ3v) is 2.69. The zero-order chi connectivity index (χ0) is 13.5. The topological polar surface area (TPSA) is 35.5 Å². The number of methoxy groups -OCH3 is 2. The second kappa shape index (κ2) is 6.93. The first-order valence-corrected chi connectivity index (χ1v) is 5.86. The van der Waals surface area contributed by atoms with E-state index >= 15 is 0 Å². The lowest BCUT2D eigenvalue weighted by atomic mass is 10.1. The number of halogens is 1. The Kier molecular flexibility index (Phi) is 5.54. The monoisotopic (exact) mass is 266 g/mol. The first kappa shape index (κ1) is 14.4. The van der Waals surface area contributed by atoms with Crippen molar-refractivity contribution in [1.29, 1.82) is 0 Å². The van der Waals surface area contributed by atoms with Gasteiger partial charge >= 0.3 is 0 Å². The highest BCUT2D eigenvalue weighted by Gasteiger charge is 2.14. The van der Waals surface area contributed by atoms with Crippen molar-refractivity contribution in [2.75, 3.05) is 14.2 Å². The van der Waals surface area contributed by atoms with Gasteiger partial charge in [0.05, 0.1) is 19.2 Å². The average molecular weight is 267 g/mol. The molecule has 0 aromatic heterocycles. The van der Waals surface area contributed by atoms with Crippen molar-refractivity contribution in [2.24, 2.45) is 0 Å². The van der Waals surface area contributed by atoms with Crippen molar-refractivity contribution in [3.63, 3.8) is 0 Å². The van der Waals surface area contributed by atoms with Crippen LogP contribution >= 0.6 is 11.6 Å². The van der Waals surface area contributed by atoms with Crippen LogP contribution in [0.5, 0.6) is 11.5 Å². The maximum atomic E-state index is 11.9. The number of hydrogen-bond donors (Lipinski definition) is 0. The number of rotatable bonds is 5. The predicted octanol–water partition coefficient (Wildman–Crippen LogP) is 3.34. The highest BCUT2D eigenvalue weighted by molar-refractivity contribution is 6.32.